The number of rotatable bonds is 6. The molecule has 138 valence electrons. The first-order chi connectivity index (χ1) is 12.4. The Morgan fingerprint density at radius 1 is 1.19 bits per heavy atom. The molecule has 0 saturated carbocycles. The zero-order valence-corrected chi connectivity index (χ0v) is 15.5. The molecule has 26 heavy (non-hydrogen) atoms. The van der Waals surface area contributed by atoms with Gasteiger partial charge in [-0.25, -0.2) is 4.79 Å². The maximum Gasteiger partial charge on any atom is 0.405 e. The fraction of sp³-hybridized carbons (Fsp3) is 0.381. The van der Waals surface area contributed by atoms with Crippen LogP contribution in [0.1, 0.15) is 31.1 Å². The average molecular weight is 355 g/mol. The van der Waals surface area contributed by atoms with Crippen molar-refractivity contribution in [1.29, 1.82) is 0 Å². The Morgan fingerprint density at radius 2 is 1.96 bits per heavy atom. The topological polar surface area (TPSA) is 70.8 Å². The molecule has 5 heteroatoms. The van der Waals surface area contributed by atoms with Gasteiger partial charge in [-0.15, -0.1) is 0 Å². The lowest BCUT2D eigenvalue weighted by Crippen LogP contribution is -2.25. The van der Waals surface area contributed by atoms with E-state index in [0.29, 0.717) is 13.2 Å². The van der Waals surface area contributed by atoms with Crippen LogP contribution < -0.4 is 10.5 Å². The lowest BCUT2D eigenvalue weighted by atomic mass is 9.87. The largest absolute Gasteiger partial charge is 0.491 e. The van der Waals surface area contributed by atoms with E-state index in [1.165, 1.54) is 5.56 Å². The third-order valence-corrected chi connectivity index (χ3v) is 4.76. The van der Waals surface area contributed by atoms with E-state index in [2.05, 4.69) is 19.9 Å². The van der Waals surface area contributed by atoms with Crippen molar-refractivity contribution in [2.75, 3.05) is 20.3 Å². The number of hydrogen-bond acceptors (Lipinski definition) is 4. The Hall–Kier alpha value is -2.53. The monoisotopic (exact) mass is 355 g/mol. The van der Waals surface area contributed by atoms with E-state index < -0.39 is 6.09 Å². The zero-order valence-electron chi connectivity index (χ0n) is 15.5. The summed E-state index contributed by atoms with van der Waals surface area (Å²) < 4.78 is 16.3. The predicted octanol–water partition coefficient (Wildman–Crippen LogP) is 4.10. The van der Waals surface area contributed by atoms with Crippen molar-refractivity contribution < 1.29 is 19.0 Å². The Balaban J connectivity index is 1.93. The van der Waals surface area contributed by atoms with Gasteiger partial charge in [0.25, 0.3) is 0 Å². The second-order valence-corrected chi connectivity index (χ2v) is 7.23. The number of carbonyl (C=O) groups excluding carboxylic acids is 1. The van der Waals surface area contributed by atoms with Crippen molar-refractivity contribution in [1.82, 2.24) is 0 Å². The van der Waals surface area contributed by atoms with Gasteiger partial charge in [-0.3, -0.25) is 0 Å². The number of fused-ring (bicyclic) bond motifs is 1. The standard InChI is InChI=1S/C21H25NO4/c1-21(2)13-15-12-14(8-9-17(15)19(21)26-20(22)23)16-6-4-5-7-18(16)25-11-10-24-3/h4-9,12,19H,10-11,13H2,1-3H3,(H2,22,23). The number of para-hydroxylation sites is 1. The molecule has 0 heterocycles. The van der Waals surface area contributed by atoms with Crippen LogP contribution in [0.5, 0.6) is 5.75 Å². The molecule has 0 bridgehead atoms. The number of nitrogens with two attached hydrogens (primary N) is 1. The summed E-state index contributed by atoms with van der Waals surface area (Å²) in [6.07, 6.45) is -0.241. The summed E-state index contributed by atoms with van der Waals surface area (Å²) in [5.41, 5.74) is 9.37. The van der Waals surface area contributed by atoms with Crippen LogP contribution in [0, 0.1) is 5.41 Å². The maximum absolute atomic E-state index is 11.3. The fourth-order valence-corrected chi connectivity index (χ4v) is 3.59. The molecule has 1 atom stereocenters. The van der Waals surface area contributed by atoms with Crippen LogP contribution in [0.15, 0.2) is 42.5 Å². The van der Waals surface area contributed by atoms with E-state index in [1.807, 2.05) is 36.4 Å². The molecule has 0 aromatic heterocycles. The highest BCUT2D eigenvalue weighted by molar-refractivity contribution is 5.72. The fourth-order valence-electron chi connectivity index (χ4n) is 3.59. The number of benzene rings is 2. The number of amides is 1. The van der Waals surface area contributed by atoms with Crippen molar-refractivity contribution in [3.05, 3.63) is 53.6 Å². The van der Waals surface area contributed by atoms with Crippen LogP contribution >= 0.6 is 0 Å². The molecule has 1 aliphatic rings. The van der Waals surface area contributed by atoms with Crippen molar-refractivity contribution in [2.45, 2.75) is 26.4 Å². The van der Waals surface area contributed by atoms with Gasteiger partial charge in [0.05, 0.1) is 6.61 Å². The third-order valence-electron chi connectivity index (χ3n) is 4.76. The van der Waals surface area contributed by atoms with Gasteiger partial charge in [0.1, 0.15) is 18.5 Å². The summed E-state index contributed by atoms with van der Waals surface area (Å²) in [6, 6.07) is 14.2. The molecule has 0 aliphatic heterocycles. The lowest BCUT2D eigenvalue weighted by molar-refractivity contribution is 0.0392. The maximum atomic E-state index is 11.3. The third kappa shape index (κ3) is 3.68. The van der Waals surface area contributed by atoms with Gasteiger partial charge in [-0.2, -0.15) is 0 Å². The Kier molecular flexibility index (Phi) is 5.18. The molecule has 2 aromatic carbocycles. The van der Waals surface area contributed by atoms with Crippen molar-refractivity contribution in [3.63, 3.8) is 0 Å². The first-order valence-electron chi connectivity index (χ1n) is 8.72. The van der Waals surface area contributed by atoms with Crippen LogP contribution in [0.2, 0.25) is 0 Å². The molecule has 1 aliphatic carbocycles. The van der Waals surface area contributed by atoms with E-state index in [-0.39, 0.29) is 11.5 Å². The summed E-state index contributed by atoms with van der Waals surface area (Å²) in [4.78, 5) is 11.3. The summed E-state index contributed by atoms with van der Waals surface area (Å²) in [5, 5.41) is 0. The van der Waals surface area contributed by atoms with Gasteiger partial charge in [0, 0.05) is 18.1 Å². The van der Waals surface area contributed by atoms with Gasteiger partial charge in [-0.05, 0) is 29.2 Å². The molecule has 0 fully saturated rings. The summed E-state index contributed by atoms with van der Waals surface area (Å²) in [6.45, 7) is 5.21. The molecule has 0 radical (unpaired) electrons. The molecular weight excluding hydrogens is 330 g/mol. The number of ether oxygens (including phenoxy) is 3. The second-order valence-electron chi connectivity index (χ2n) is 7.23. The van der Waals surface area contributed by atoms with Crippen LogP contribution in [0.4, 0.5) is 4.79 Å². The molecule has 3 rings (SSSR count). The molecule has 2 aromatic rings. The van der Waals surface area contributed by atoms with E-state index >= 15 is 0 Å². The van der Waals surface area contributed by atoms with Crippen molar-refractivity contribution in [3.8, 4) is 16.9 Å². The summed E-state index contributed by atoms with van der Waals surface area (Å²) >= 11 is 0. The van der Waals surface area contributed by atoms with Crippen molar-refractivity contribution in [2.24, 2.45) is 11.1 Å². The van der Waals surface area contributed by atoms with Crippen LogP contribution in [-0.4, -0.2) is 26.4 Å². The van der Waals surface area contributed by atoms with Gasteiger partial charge >= 0.3 is 6.09 Å². The first-order valence-corrected chi connectivity index (χ1v) is 8.72. The van der Waals surface area contributed by atoms with Crippen LogP contribution in [-0.2, 0) is 15.9 Å². The molecule has 1 unspecified atom stereocenters. The minimum Gasteiger partial charge on any atom is -0.491 e. The Bertz CT molecular complexity index is 800. The summed E-state index contributed by atoms with van der Waals surface area (Å²) in [5.74, 6) is 0.826. The molecule has 0 spiro atoms. The van der Waals surface area contributed by atoms with E-state index in [0.717, 1.165) is 28.9 Å². The number of carbonyl (C=O) groups is 1. The minimum absolute atomic E-state index is 0.190. The minimum atomic E-state index is -0.739. The highest BCUT2D eigenvalue weighted by Gasteiger charge is 2.41. The predicted molar refractivity (Wildman–Crippen MR) is 100 cm³/mol. The normalized spacial score (nSPS) is 17.6. The summed E-state index contributed by atoms with van der Waals surface area (Å²) in [7, 11) is 1.65. The smallest absolute Gasteiger partial charge is 0.405 e. The molecule has 2 N–H and O–H groups in total. The van der Waals surface area contributed by atoms with E-state index in [9.17, 15) is 4.79 Å². The van der Waals surface area contributed by atoms with Crippen LogP contribution in [0.3, 0.4) is 0 Å². The Labute approximate surface area is 154 Å². The number of methoxy groups -OCH3 is 1. The van der Waals surface area contributed by atoms with Gasteiger partial charge in [-0.1, -0.05) is 50.2 Å². The molecule has 0 saturated heterocycles. The van der Waals surface area contributed by atoms with Crippen molar-refractivity contribution >= 4 is 6.09 Å². The SMILES string of the molecule is COCCOc1ccccc1-c1ccc2c(c1)CC(C)(C)C2OC(N)=O. The van der Waals surface area contributed by atoms with E-state index in [1.54, 1.807) is 7.11 Å². The molecule has 5 nitrogen and oxygen atoms in total. The average Bonchev–Trinajstić information content (AvgIpc) is 2.84. The quantitative estimate of drug-likeness (QED) is 0.792. The highest BCUT2D eigenvalue weighted by Crippen LogP contribution is 2.48. The number of primary amides is 1. The molecule has 1 amide bonds. The lowest BCUT2D eigenvalue weighted by Gasteiger charge is -2.26. The molecular formula is C21H25NO4. The van der Waals surface area contributed by atoms with Crippen LogP contribution in [0.25, 0.3) is 11.1 Å². The van der Waals surface area contributed by atoms with Gasteiger partial charge in [0.2, 0.25) is 0 Å². The number of hydrogen-bond donors (Lipinski definition) is 1. The highest BCUT2D eigenvalue weighted by atomic mass is 16.6. The first kappa shape index (κ1) is 18.3. The Morgan fingerprint density at radius 3 is 2.69 bits per heavy atom. The van der Waals surface area contributed by atoms with Gasteiger partial charge < -0.3 is 19.9 Å². The van der Waals surface area contributed by atoms with E-state index in [4.69, 9.17) is 19.9 Å². The zero-order chi connectivity index (χ0) is 18.7. The van der Waals surface area contributed by atoms with Gasteiger partial charge in [0.15, 0.2) is 0 Å². The second kappa shape index (κ2) is 7.38.